The van der Waals surface area contributed by atoms with E-state index in [4.69, 9.17) is 18.9 Å². The van der Waals surface area contributed by atoms with Gasteiger partial charge in [-0.3, -0.25) is 0 Å². The van der Waals surface area contributed by atoms with Gasteiger partial charge in [0.05, 0.1) is 25.4 Å². The fraction of sp³-hybridized carbons (Fsp3) is 1.00. The summed E-state index contributed by atoms with van der Waals surface area (Å²) in [5.74, 6) is -1.64. The standard InChI is InChI=1S/C12H22O5/c1-11(2,13)16-8-5-9(14-6-8)10-7-15-12(3,4)17-10/h8-10,13H,5-7H2,1-4H3/t8-,9+,10-/m1/s1. The van der Waals surface area contributed by atoms with Crippen molar-refractivity contribution >= 4 is 0 Å². The highest BCUT2D eigenvalue weighted by molar-refractivity contribution is 4.85. The minimum Gasteiger partial charge on any atom is -0.373 e. The van der Waals surface area contributed by atoms with Crippen molar-refractivity contribution in [3.05, 3.63) is 0 Å². The summed E-state index contributed by atoms with van der Waals surface area (Å²) >= 11 is 0. The maximum absolute atomic E-state index is 9.58. The molecular weight excluding hydrogens is 224 g/mol. The lowest BCUT2D eigenvalue weighted by Crippen LogP contribution is -2.32. The third-order valence-electron chi connectivity index (χ3n) is 2.89. The molecule has 1 N–H and O–H groups in total. The van der Waals surface area contributed by atoms with E-state index in [1.807, 2.05) is 13.8 Å². The molecule has 0 aromatic rings. The Balaban J connectivity index is 1.82. The molecule has 2 fully saturated rings. The third kappa shape index (κ3) is 3.63. The number of ether oxygens (including phenoxy) is 4. The predicted octanol–water partition coefficient (Wildman–Crippen LogP) is 1.04. The average Bonchev–Trinajstić information content (AvgIpc) is 2.69. The van der Waals surface area contributed by atoms with Crippen molar-refractivity contribution in [2.45, 2.75) is 64.0 Å². The lowest BCUT2D eigenvalue weighted by atomic mass is 10.1. The van der Waals surface area contributed by atoms with Crippen molar-refractivity contribution in [2.24, 2.45) is 0 Å². The topological polar surface area (TPSA) is 57.2 Å². The number of aliphatic hydroxyl groups is 1. The summed E-state index contributed by atoms with van der Waals surface area (Å²) in [6.07, 6.45) is 0.602. The minimum atomic E-state index is -1.12. The molecule has 3 atom stereocenters. The van der Waals surface area contributed by atoms with E-state index in [0.29, 0.717) is 13.2 Å². The van der Waals surface area contributed by atoms with Crippen LogP contribution in [0.25, 0.3) is 0 Å². The Morgan fingerprint density at radius 1 is 1.24 bits per heavy atom. The van der Waals surface area contributed by atoms with Gasteiger partial charge < -0.3 is 24.1 Å². The quantitative estimate of drug-likeness (QED) is 0.754. The first kappa shape index (κ1) is 13.2. The molecule has 0 amide bonds. The first-order valence-electron chi connectivity index (χ1n) is 6.09. The van der Waals surface area contributed by atoms with E-state index in [0.717, 1.165) is 6.42 Å². The summed E-state index contributed by atoms with van der Waals surface area (Å²) in [5.41, 5.74) is 0. The van der Waals surface area contributed by atoms with E-state index in [9.17, 15) is 5.11 Å². The highest BCUT2D eigenvalue weighted by atomic mass is 16.8. The van der Waals surface area contributed by atoms with Crippen LogP contribution in [0, 0.1) is 0 Å². The Bertz CT molecular complexity index is 271. The van der Waals surface area contributed by atoms with E-state index in [1.165, 1.54) is 0 Å². The lowest BCUT2D eigenvalue weighted by molar-refractivity contribution is -0.204. The van der Waals surface area contributed by atoms with E-state index in [1.54, 1.807) is 13.8 Å². The second-order valence-corrected chi connectivity index (χ2v) is 5.66. The fourth-order valence-electron chi connectivity index (χ4n) is 2.27. The monoisotopic (exact) mass is 246 g/mol. The zero-order valence-electron chi connectivity index (χ0n) is 10.9. The molecule has 5 heteroatoms. The van der Waals surface area contributed by atoms with Gasteiger partial charge in [0.15, 0.2) is 11.6 Å². The molecule has 0 saturated carbocycles. The van der Waals surface area contributed by atoms with Crippen LogP contribution in [-0.2, 0) is 18.9 Å². The molecule has 17 heavy (non-hydrogen) atoms. The van der Waals surface area contributed by atoms with Crippen LogP contribution in [0.5, 0.6) is 0 Å². The van der Waals surface area contributed by atoms with Gasteiger partial charge in [0.1, 0.15) is 6.10 Å². The van der Waals surface area contributed by atoms with Gasteiger partial charge in [-0.1, -0.05) is 0 Å². The van der Waals surface area contributed by atoms with Crippen LogP contribution < -0.4 is 0 Å². The van der Waals surface area contributed by atoms with Crippen LogP contribution in [0.4, 0.5) is 0 Å². The van der Waals surface area contributed by atoms with Gasteiger partial charge in [-0.2, -0.15) is 0 Å². The van der Waals surface area contributed by atoms with Crippen LogP contribution >= 0.6 is 0 Å². The van der Waals surface area contributed by atoms with E-state index < -0.39 is 11.6 Å². The molecule has 5 nitrogen and oxygen atoms in total. The molecule has 0 aromatic heterocycles. The maximum Gasteiger partial charge on any atom is 0.163 e. The van der Waals surface area contributed by atoms with Crippen molar-refractivity contribution in [3.63, 3.8) is 0 Å². The van der Waals surface area contributed by atoms with Crippen molar-refractivity contribution in [1.29, 1.82) is 0 Å². The summed E-state index contributed by atoms with van der Waals surface area (Å²) < 4.78 is 22.4. The molecule has 0 radical (unpaired) electrons. The Hall–Kier alpha value is -0.200. The SMILES string of the molecule is CC(C)(O)O[C@H]1CO[C@H]([C@H]2COC(C)(C)O2)C1. The summed E-state index contributed by atoms with van der Waals surface area (Å²) in [7, 11) is 0. The normalized spacial score (nSPS) is 37.6. The van der Waals surface area contributed by atoms with Crippen molar-refractivity contribution in [3.8, 4) is 0 Å². The molecule has 2 rings (SSSR count). The first-order chi connectivity index (χ1) is 7.75. The highest BCUT2D eigenvalue weighted by Gasteiger charge is 2.42. The zero-order valence-corrected chi connectivity index (χ0v) is 10.9. The summed E-state index contributed by atoms with van der Waals surface area (Å²) in [6, 6.07) is 0. The van der Waals surface area contributed by atoms with Gasteiger partial charge >= 0.3 is 0 Å². The van der Waals surface area contributed by atoms with Crippen molar-refractivity contribution < 1.29 is 24.1 Å². The lowest BCUT2D eigenvalue weighted by Gasteiger charge is -2.23. The molecule has 2 aliphatic rings. The molecule has 0 bridgehead atoms. The summed E-state index contributed by atoms with van der Waals surface area (Å²) in [5, 5.41) is 9.58. The Morgan fingerprint density at radius 3 is 2.47 bits per heavy atom. The van der Waals surface area contributed by atoms with E-state index in [-0.39, 0.29) is 18.3 Å². The molecule has 2 heterocycles. The fourth-order valence-corrected chi connectivity index (χ4v) is 2.27. The van der Waals surface area contributed by atoms with Gasteiger partial charge in [0.2, 0.25) is 0 Å². The van der Waals surface area contributed by atoms with Crippen molar-refractivity contribution in [1.82, 2.24) is 0 Å². The third-order valence-corrected chi connectivity index (χ3v) is 2.89. The van der Waals surface area contributed by atoms with Crippen LogP contribution in [0.3, 0.4) is 0 Å². The first-order valence-corrected chi connectivity index (χ1v) is 6.09. The number of rotatable bonds is 3. The maximum atomic E-state index is 9.58. The molecular formula is C12H22O5. The van der Waals surface area contributed by atoms with E-state index in [2.05, 4.69) is 0 Å². The van der Waals surface area contributed by atoms with Gasteiger partial charge in [0, 0.05) is 6.42 Å². The molecule has 2 saturated heterocycles. The second-order valence-electron chi connectivity index (χ2n) is 5.66. The molecule has 0 unspecified atom stereocenters. The smallest absolute Gasteiger partial charge is 0.163 e. The zero-order chi connectivity index (χ0) is 12.7. The van der Waals surface area contributed by atoms with Crippen LogP contribution in [0.2, 0.25) is 0 Å². The summed E-state index contributed by atoms with van der Waals surface area (Å²) in [4.78, 5) is 0. The molecule has 0 aromatic carbocycles. The van der Waals surface area contributed by atoms with Crippen LogP contribution in [0.15, 0.2) is 0 Å². The predicted molar refractivity (Wildman–Crippen MR) is 60.4 cm³/mol. The second kappa shape index (κ2) is 4.48. The Morgan fingerprint density at radius 2 is 1.94 bits per heavy atom. The van der Waals surface area contributed by atoms with Gasteiger partial charge in [-0.25, -0.2) is 0 Å². The Kier molecular flexibility index (Phi) is 3.49. The number of hydrogen-bond donors (Lipinski definition) is 1. The molecule has 2 aliphatic heterocycles. The van der Waals surface area contributed by atoms with Crippen LogP contribution in [0.1, 0.15) is 34.1 Å². The molecule has 0 spiro atoms. The molecule has 100 valence electrons. The molecule has 0 aliphatic carbocycles. The largest absolute Gasteiger partial charge is 0.373 e. The van der Waals surface area contributed by atoms with Gasteiger partial charge in [-0.05, 0) is 27.7 Å². The van der Waals surface area contributed by atoms with E-state index >= 15 is 0 Å². The highest BCUT2D eigenvalue weighted by Crippen LogP contribution is 2.31. The minimum absolute atomic E-state index is 0.0101. The van der Waals surface area contributed by atoms with Gasteiger partial charge in [0.25, 0.3) is 0 Å². The average molecular weight is 246 g/mol. The summed E-state index contributed by atoms with van der Waals surface area (Å²) in [6.45, 7) is 8.08. The number of hydrogen-bond acceptors (Lipinski definition) is 5. The Labute approximate surface area is 102 Å². The van der Waals surface area contributed by atoms with Crippen molar-refractivity contribution in [2.75, 3.05) is 13.2 Å². The van der Waals surface area contributed by atoms with Gasteiger partial charge in [-0.15, -0.1) is 0 Å². The van der Waals surface area contributed by atoms with Crippen LogP contribution in [-0.4, -0.2) is 48.2 Å².